The topological polar surface area (TPSA) is 123 Å². The van der Waals surface area contributed by atoms with Crippen molar-refractivity contribution in [1.29, 1.82) is 0 Å². The second-order valence-corrected chi connectivity index (χ2v) is 6.99. The number of anilines is 3. The zero-order chi connectivity index (χ0) is 18.4. The molecule has 8 heteroatoms. The lowest BCUT2D eigenvalue weighted by Crippen LogP contribution is -2.05. The summed E-state index contributed by atoms with van der Waals surface area (Å²) in [4.78, 5) is 23.2. The number of nitrogen functional groups attached to an aromatic ring is 2. The van der Waals surface area contributed by atoms with Crippen LogP contribution in [0.3, 0.4) is 0 Å². The quantitative estimate of drug-likeness (QED) is 0.343. The lowest BCUT2D eigenvalue weighted by atomic mass is 9.99. The van der Waals surface area contributed by atoms with Gasteiger partial charge in [0.2, 0.25) is 11.9 Å². The van der Waals surface area contributed by atoms with E-state index in [2.05, 4.69) is 42.9 Å². The molecular formula is C18H15IN6O. The third-order valence-corrected chi connectivity index (χ3v) is 5.17. The van der Waals surface area contributed by atoms with Gasteiger partial charge in [-0.2, -0.15) is 4.98 Å². The van der Waals surface area contributed by atoms with Crippen LogP contribution in [0.5, 0.6) is 0 Å². The van der Waals surface area contributed by atoms with Crippen molar-refractivity contribution in [3.05, 3.63) is 40.1 Å². The fraction of sp³-hybridized carbons (Fsp3) is 0.0556. The summed E-state index contributed by atoms with van der Waals surface area (Å²) < 4.78 is 0.910. The maximum atomic E-state index is 11.4. The van der Waals surface area contributed by atoms with Gasteiger partial charge in [0.1, 0.15) is 5.82 Å². The predicted octanol–water partition coefficient (Wildman–Crippen LogP) is 3.51. The predicted molar refractivity (Wildman–Crippen MR) is 113 cm³/mol. The molecule has 2 aromatic carbocycles. The number of aromatic amines is 1. The molecule has 0 atom stereocenters. The number of nitrogens with zero attached hydrogens (tertiary/aromatic N) is 2. The summed E-state index contributed by atoms with van der Waals surface area (Å²) in [5.74, 6) is 0.378. The first kappa shape index (κ1) is 16.6. The zero-order valence-electron chi connectivity index (χ0n) is 13.8. The third kappa shape index (κ3) is 2.62. The summed E-state index contributed by atoms with van der Waals surface area (Å²) in [6.07, 6.45) is 1.86. The summed E-state index contributed by atoms with van der Waals surface area (Å²) >= 11 is 2.25. The molecule has 0 spiro atoms. The van der Waals surface area contributed by atoms with Gasteiger partial charge in [-0.25, -0.2) is 4.98 Å². The number of carbonyl (C=O) groups excluding carboxylic acids is 1. The maximum absolute atomic E-state index is 11.4. The fourth-order valence-corrected chi connectivity index (χ4v) is 4.13. The molecular weight excluding hydrogens is 443 g/mol. The molecule has 0 unspecified atom stereocenters. The van der Waals surface area contributed by atoms with Crippen LogP contribution in [0.1, 0.15) is 6.92 Å². The third-order valence-electron chi connectivity index (χ3n) is 4.12. The van der Waals surface area contributed by atoms with Crippen LogP contribution >= 0.6 is 22.6 Å². The summed E-state index contributed by atoms with van der Waals surface area (Å²) in [5, 5.41) is 4.52. The average molecular weight is 458 g/mol. The molecule has 4 aromatic rings. The molecule has 0 saturated carbocycles. The van der Waals surface area contributed by atoms with Crippen LogP contribution in [-0.2, 0) is 4.79 Å². The van der Waals surface area contributed by atoms with Gasteiger partial charge in [0, 0.05) is 33.3 Å². The lowest BCUT2D eigenvalue weighted by molar-refractivity contribution is -0.114. The number of benzene rings is 2. The first-order chi connectivity index (χ1) is 12.5. The Morgan fingerprint density at radius 2 is 2.04 bits per heavy atom. The molecule has 0 saturated heterocycles. The van der Waals surface area contributed by atoms with E-state index in [-0.39, 0.29) is 11.9 Å². The van der Waals surface area contributed by atoms with Gasteiger partial charge in [-0.3, -0.25) is 4.79 Å². The number of halogens is 1. The van der Waals surface area contributed by atoms with Crippen LogP contribution < -0.4 is 16.8 Å². The molecule has 0 aliphatic heterocycles. The van der Waals surface area contributed by atoms with Gasteiger partial charge in [-0.05, 0) is 46.4 Å². The Labute approximate surface area is 162 Å². The summed E-state index contributed by atoms with van der Waals surface area (Å²) in [6.45, 7) is 1.48. The number of amides is 1. The number of H-pyrrole nitrogens is 1. The van der Waals surface area contributed by atoms with E-state index in [9.17, 15) is 4.79 Å². The van der Waals surface area contributed by atoms with Gasteiger partial charge < -0.3 is 21.8 Å². The maximum Gasteiger partial charge on any atom is 0.222 e. The van der Waals surface area contributed by atoms with Gasteiger partial charge in [0.15, 0.2) is 0 Å². The number of nitrogens with one attached hydrogen (secondary N) is 2. The van der Waals surface area contributed by atoms with E-state index >= 15 is 0 Å². The van der Waals surface area contributed by atoms with E-state index < -0.39 is 0 Å². The van der Waals surface area contributed by atoms with Crippen LogP contribution in [0.15, 0.2) is 36.5 Å². The summed E-state index contributed by atoms with van der Waals surface area (Å²) in [6, 6.07) is 9.62. The Morgan fingerprint density at radius 3 is 2.81 bits per heavy atom. The van der Waals surface area contributed by atoms with Crippen molar-refractivity contribution in [3.63, 3.8) is 0 Å². The lowest BCUT2D eigenvalue weighted by Gasteiger charge is -2.13. The minimum atomic E-state index is -0.117. The van der Waals surface area contributed by atoms with Gasteiger partial charge in [0.05, 0.1) is 16.4 Å². The van der Waals surface area contributed by atoms with E-state index in [4.69, 9.17) is 11.5 Å². The van der Waals surface area contributed by atoms with Crippen molar-refractivity contribution in [3.8, 4) is 11.1 Å². The van der Waals surface area contributed by atoms with Crippen molar-refractivity contribution in [2.75, 3.05) is 16.8 Å². The highest BCUT2D eigenvalue weighted by atomic mass is 127. The Kier molecular flexibility index (Phi) is 3.91. The van der Waals surface area contributed by atoms with Crippen LogP contribution in [0, 0.1) is 3.57 Å². The Morgan fingerprint density at radius 1 is 1.23 bits per heavy atom. The van der Waals surface area contributed by atoms with Gasteiger partial charge >= 0.3 is 0 Å². The number of fused-ring (bicyclic) bond motifs is 3. The average Bonchev–Trinajstić information content (AvgIpc) is 3.03. The van der Waals surface area contributed by atoms with Gasteiger partial charge in [0.25, 0.3) is 0 Å². The molecule has 4 rings (SSSR count). The number of carbonyl (C=O) groups is 1. The minimum absolute atomic E-state index is 0.117. The van der Waals surface area contributed by atoms with Crippen LogP contribution in [-0.4, -0.2) is 20.9 Å². The van der Waals surface area contributed by atoms with E-state index in [0.717, 1.165) is 36.7 Å². The van der Waals surface area contributed by atoms with E-state index in [0.29, 0.717) is 11.3 Å². The summed E-state index contributed by atoms with van der Waals surface area (Å²) in [5.41, 5.74) is 16.2. The van der Waals surface area contributed by atoms with Gasteiger partial charge in [-0.15, -0.1) is 0 Å². The SMILES string of the molecule is CC(=O)Nc1cccc(-c2c(I)c3nc(N)nc(N)c3c3cc[nH]c23)c1. The monoisotopic (exact) mass is 458 g/mol. The van der Waals surface area contributed by atoms with E-state index in [1.165, 1.54) is 6.92 Å². The van der Waals surface area contributed by atoms with Gasteiger partial charge in [-0.1, -0.05) is 12.1 Å². The largest absolute Gasteiger partial charge is 0.383 e. The fourth-order valence-electron chi connectivity index (χ4n) is 3.16. The Balaban J connectivity index is 2.08. The highest BCUT2D eigenvalue weighted by Crippen LogP contribution is 2.40. The number of nitrogens with two attached hydrogens (primary N) is 2. The molecule has 130 valence electrons. The van der Waals surface area contributed by atoms with Crippen LogP contribution in [0.4, 0.5) is 17.5 Å². The second-order valence-electron chi connectivity index (χ2n) is 5.91. The van der Waals surface area contributed by atoms with E-state index in [1.54, 1.807) is 0 Å². The Bertz CT molecular complexity index is 1180. The molecule has 0 radical (unpaired) electrons. The van der Waals surface area contributed by atoms with Crippen molar-refractivity contribution in [2.24, 2.45) is 0 Å². The molecule has 6 N–H and O–H groups in total. The minimum Gasteiger partial charge on any atom is -0.383 e. The molecule has 26 heavy (non-hydrogen) atoms. The van der Waals surface area contributed by atoms with Crippen molar-refractivity contribution in [2.45, 2.75) is 6.92 Å². The second kappa shape index (κ2) is 6.13. The first-order valence-corrected chi connectivity index (χ1v) is 8.93. The van der Waals surface area contributed by atoms with Crippen molar-refractivity contribution >= 4 is 67.8 Å². The smallest absolute Gasteiger partial charge is 0.222 e. The van der Waals surface area contributed by atoms with Crippen molar-refractivity contribution in [1.82, 2.24) is 15.0 Å². The highest BCUT2D eigenvalue weighted by Gasteiger charge is 2.19. The molecule has 0 aliphatic rings. The Hall–Kier alpha value is -2.88. The van der Waals surface area contributed by atoms with Crippen LogP contribution in [0.25, 0.3) is 32.9 Å². The molecule has 2 aromatic heterocycles. The zero-order valence-corrected chi connectivity index (χ0v) is 16.0. The van der Waals surface area contributed by atoms with Crippen LogP contribution in [0.2, 0.25) is 0 Å². The van der Waals surface area contributed by atoms with E-state index in [1.807, 2.05) is 36.5 Å². The number of aromatic nitrogens is 3. The summed E-state index contributed by atoms with van der Waals surface area (Å²) in [7, 11) is 0. The molecule has 0 bridgehead atoms. The molecule has 0 aliphatic carbocycles. The number of hydrogen-bond donors (Lipinski definition) is 4. The molecule has 7 nitrogen and oxygen atoms in total. The molecule has 1 amide bonds. The molecule has 2 heterocycles. The highest BCUT2D eigenvalue weighted by molar-refractivity contribution is 14.1. The van der Waals surface area contributed by atoms with Crippen molar-refractivity contribution < 1.29 is 4.79 Å². The normalized spacial score (nSPS) is 11.2. The standard InChI is InChI=1S/C18H15IN6O/c1-8(26)23-10-4-2-3-9(7-10)12-14(19)16-13(11-5-6-22-15(11)12)17(20)25-18(21)24-16/h2-7,22H,1H3,(H,23,26)(H4,20,21,24,25). The number of hydrogen-bond acceptors (Lipinski definition) is 5. The molecule has 0 fully saturated rings. The first-order valence-electron chi connectivity index (χ1n) is 7.85. The number of rotatable bonds is 2.